The fraction of sp³-hybridized carbons (Fsp3) is 0.136. The van der Waals surface area contributed by atoms with Crippen molar-refractivity contribution >= 4 is 28.5 Å². The largest absolute Gasteiger partial charge is 0.467 e. The Morgan fingerprint density at radius 3 is 2.61 bits per heavy atom. The fourth-order valence-corrected chi connectivity index (χ4v) is 3.22. The molecule has 0 atom stereocenters. The van der Waals surface area contributed by atoms with Crippen LogP contribution in [-0.4, -0.2) is 10.8 Å². The highest BCUT2D eigenvalue weighted by atomic mass is 35.5. The molecule has 1 amide bonds. The van der Waals surface area contributed by atoms with Gasteiger partial charge in [0.25, 0.3) is 0 Å². The highest BCUT2D eigenvalue weighted by Crippen LogP contribution is 2.24. The van der Waals surface area contributed by atoms with Gasteiger partial charge in [0.1, 0.15) is 17.2 Å². The van der Waals surface area contributed by atoms with Gasteiger partial charge in [-0.1, -0.05) is 23.7 Å². The van der Waals surface area contributed by atoms with Crippen molar-refractivity contribution in [2.24, 2.45) is 0 Å². The summed E-state index contributed by atoms with van der Waals surface area (Å²) in [4.78, 5) is 14.8. The Labute approximate surface area is 166 Å². The third-order valence-corrected chi connectivity index (χ3v) is 4.78. The van der Waals surface area contributed by atoms with E-state index in [9.17, 15) is 9.18 Å². The molecule has 0 saturated heterocycles. The van der Waals surface area contributed by atoms with Gasteiger partial charge in [-0.25, -0.2) is 4.39 Å². The van der Waals surface area contributed by atoms with Gasteiger partial charge >= 0.3 is 0 Å². The summed E-state index contributed by atoms with van der Waals surface area (Å²) in [6.45, 7) is 0.736. The Hall–Kier alpha value is -3.05. The predicted molar refractivity (Wildman–Crippen MR) is 104 cm³/mol. The Morgan fingerprint density at radius 2 is 1.86 bits per heavy atom. The van der Waals surface area contributed by atoms with Crippen molar-refractivity contribution in [1.29, 1.82) is 0 Å². The second kappa shape index (κ2) is 7.90. The van der Waals surface area contributed by atoms with Crippen LogP contribution in [0.3, 0.4) is 0 Å². The van der Waals surface area contributed by atoms with Crippen molar-refractivity contribution in [2.45, 2.75) is 19.5 Å². The number of carbonyl (C=O) groups excluding carboxylic acids is 1. The summed E-state index contributed by atoms with van der Waals surface area (Å²) in [5.74, 6) is 0.208. The van der Waals surface area contributed by atoms with E-state index in [1.54, 1.807) is 35.4 Å². The van der Waals surface area contributed by atoms with Crippen LogP contribution in [-0.2, 0) is 24.3 Å². The van der Waals surface area contributed by atoms with Crippen molar-refractivity contribution in [2.75, 3.05) is 0 Å². The SMILES string of the molecule is O=C(Cc1coc2ccc(F)cc12)N(Cc1ccc(Cl)cc1)Cc1ccco1. The Morgan fingerprint density at radius 1 is 1.04 bits per heavy atom. The molecule has 0 N–H and O–H groups in total. The first-order valence-electron chi connectivity index (χ1n) is 8.79. The number of fused-ring (bicyclic) bond motifs is 1. The predicted octanol–water partition coefficient (Wildman–Crippen LogP) is 5.59. The second-order valence-corrected chi connectivity index (χ2v) is 6.97. The lowest BCUT2D eigenvalue weighted by atomic mass is 10.1. The van der Waals surface area contributed by atoms with Gasteiger partial charge in [-0.3, -0.25) is 4.79 Å². The molecule has 0 unspecified atom stereocenters. The zero-order valence-corrected chi connectivity index (χ0v) is 15.7. The quantitative estimate of drug-likeness (QED) is 0.426. The standard InChI is InChI=1S/C22H17ClFNO3/c23-17-5-3-15(4-6-17)12-25(13-19-2-1-9-27-19)22(26)10-16-14-28-21-8-7-18(24)11-20(16)21/h1-9,11,14H,10,12-13H2. The molecule has 28 heavy (non-hydrogen) atoms. The molecule has 0 radical (unpaired) electrons. The van der Waals surface area contributed by atoms with Crippen LogP contribution >= 0.6 is 11.6 Å². The number of hydrogen-bond donors (Lipinski definition) is 0. The molecule has 4 rings (SSSR count). The third-order valence-electron chi connectivity index (χ3n) is 4.52. The molecule has 2 aromatic carbocycles. The highest BCUT2D eigenvalue weighted by Gasteiger charge is 2.19. The summed E-state index contributed by atoms with van der Waals surface area (Å²) in [5.41, 5.74) is 2.16. The molecule has 142 valence electrons. The van der Waals surface area contributed by atoms with Crippen molar-refractivity contribution in [3.8, 4) is 0 Å². The Kier molecular flexibility index (Phi) is 5.17. The Bertz CT molecular complexity index is 1090. The number of rotatable bonds is 6. The number of nitrogens with zero attached hydrogens (tertiary/aromatic N) is 1. The van der Waals surface area contributed by atoms with Crippen LogP contribution in [0, 0.1) is 5.82 Å². The van der Waals surface area contributed by atoms with Gasteiger partial charge in [-0.2, -0.15) is 0 Å². The van der Waals surface area contributed by atoms with E-state index in [1.807, 2.05) is 18.2 Å². The fourth-order valence-electron chi connectivity index (χ4n) is 3.10. The van der Waals surface area contributed by atoms with Crippen molar-refractivity contribution in [1.82, 2.24) is 4.90 Å². The third kappa shape index (κ3) is 4.10. The summed E-state index contributed by atoms with van der Waals surface area (Å²) in [7, 11) is 0. The monoisotopic (exact) mass is 397 g/mol. The van der Waals surface area contributed by atoms with Gasteiger partial charge in [0, 0.05) is 22.5 Å². The van der Waals surface area contributed by atoms with E-state index in [0.717, 1.165) is 5.56 Å². The Balaban J connectivity index is 1.58. The lowest BCUT2D eigenvalue weighted by Gasteiger charge is -2.22. The molecule has 0 saturated carbocycles. The molecule has 2 aromatic heterocycles. The summed E-state index contributed by atoms with van der Waals surface area (Å²) in [6, 6.07) is 15.2. The van der Waals surface area contributed by atoms with Gasteiger partial charge in [-0.05, 0) is 48.0 Å². The van der Waals surface area contributed by atoms with Crippen LogP contribution < -0.4 is 0 Å². The van der Waals surface area contributed by atoms with Crippen LogP contribution in [0.1, 0.15) is 16.9 Å². The van der Waals surface area contributed by atoms with E-state index < -0.39 is 0 Å². The lowest BCUT2D eigenvalue weighted by Crippen LogP contribution is -2.31. The first-order valence-corrected chi connectivity index (χ1v) is 9.16. The number of hydrogen-bond acceptors (Lipinski definition) is 3. The van der Waals surface area contributed by atoms with Gasteiger partial charge in [0.2, 0.25) is 5.91 Å². The topological polar surface area (TPSA) is 46.6 Å². The summed E-state index contributed by atoms with van der Waals surface area (Å²) >= 11 is 5.95. The zero-order valence-electron chi connectivity index (χ0n) is 14.9. The second-order valence-electron chi connectivity index (χ2n) is 6.53. The van der Waals surface area contributed by atoms with Crippen LogP contribution in [0.15, 0.2) is 76.0 Å². The van der Waals surface area contributed by atoms with E-state index in [4.69, 9.17) is 20.4 Å². The molecule has 0 bridgehead atoms. The van der Waals surface area contributed by atoms with E-state index in [0.29, 0.717) is 40.4 Å². The maximum absolute atomic E-state index is 13.6. The minimum atomic E-state index is -0.365. The van der Waals surface area contributed by atoms with Crippen LogP contribution in [0.5, 0.6) is 0 Å². The molecule has 6 heteroatoms. The molecular formula is C22H17ClFNO3. The number of furan rings is 2. The molecule has 4 aromatic rings. The smallest absolute Gasteiger partial charge is 0.227 e. The average molecular weight is 398 g/mol. The summed E-state index contributed by atoms with van der Waals surface area (Å²) in [5, 5.41) is 1.25. The van der Waals surface area contributed by atoms with Gasteiger partial charge in [0.05, 0.1) is 25.5 Å². The number of benzene rings is 2. The molecule has 0 aliphatic carbocycles. The summed E-state index contributed by atoms with van der Waals surface area (Å²) < 4.78 is 24.5. The van der Waals surface area contributed by atoms with Crippen molar-refractivity contribution in [3.05, 3.63) is 94.9 Å². The van der Waals surface area contributed by atoms with Crippen LogP contribution in [0.25, 0.3) is 11.0 Å². The van der Waals surface area contributed by atoms with E-state index >= 15 is 0 Å². The number of amides is 1. The molecule has 2 heterocycles. The molecule has 0 spiro atoms. The van der Waals surface area contributed by atoms with Crippen molar-refractivity contribution < 1.29 is 18.0 Å². The lowest BCUT2D eigenvalue weighted by molar-refractivity contribution is -0.132. The summed E-state index contributed by atoms with van der Waals surface area (Å²) in [6.07, 6.45) is 3.19. The van der Waals surface area contributed by atoms with Crippen LogP contribution in [0.4, 0.5) is 4.39 Å². The highest BCUT2D eigenvalue weighted by molar-refractivity contribution is 6.30. The maximum Gasteiger partial charge on any atom is 0.227 e. The minimum absolute atomic E-state index is 0.102. The number of carbonyl (C=O) groups is 1. The minimum Gasteiger partial charge on any atom is -0.467 e. The van der Waals surface area contributed by atoms with E-state index in [2.05, 4.69) is 0 Å². The molecule has 4 nitrogen and oxygen atoms in total. The molecular weight excluding hydrogens is 381 g/mol. The zero-order chi connectivity index (χ0) is 19.5. The van der Waals surface area contributed by atoms with Gasteiger partial charge in [0.15, 0.2) is 0 Å². The van der Waals surface area contributed by atoms with Gasteiger partial charge in [-0.15, -0.1) is 0 Å². The molecule has 0 aliphatic heterocycles. The van der Waals surface area contributed by atoms with E-state index in [1.165, 1.54) is 18.4 Å². The number of halogens is 2. The van der Waals surface area contributed by atoms with Crippen molar-refractivity contribution in [3.63, 3.8) is 0 Å². The maximum atomic E-state index is 13.6. The first-order chi connectivity index (χ1) is 13.6. The molecule has 0 aliphatic rings. The molecule has 0 fully saturated rings. The normalized spacial score (nSPS) is 11.1. The van der Waals surface area contributed by atoms with Crippen LogP contribution in [0.2, 0.25) is 5.02 Å². The van der Waals surface area contributed by atoms with E-state index in [-0.39, 0.29) is 18.1 Å². The first kappa shape index (κ1) is 18.3. The van der Waals surface area contributed by atoms with Gasteiger partial charge < -0.3 is 13.7 Å². The average Bonchev–Trinajstić information content (AvgIpc) is 3.33.